The van der Waals surface area contributed by atoms with Crippen LogP contribution in [0.15, 0.2) is 55.0 Å². The molecule has 0 radical (unpaired) electrons. The molecular weight excluding hydrogens is 426 g/mol. The Kier molecular flexibility index (Phi) is 6.01. The van der Waals surface area contributed by atoms with Gasteiger partial charge in [0.15, 0.2) is 0 Å². The number of carbonyl (C=O) groups is 1. The van der Waals surface area contributed by atoms with E-state index in [2.05, 4.69) is 31.7 Å². The van der Waals surface area contributed by atoms with E-state index in [-0.39, 0.29) is 11.9 Å². The van der Waals surface area contributed by atoms with Crippen LogP contribution in [0.2, 0.25) is 5.02 Å². The minimum atomic E-state index is -0.248. The van der Waals surface area contributed by atoms with Gasteiger partial charge in [0.25, 0.3) is 5.91 Å². The first-order valence-electron chi connectivity index (χ1n) is 9.96. The van der Waals surface area contributed by atoms with Crippen molar-refractivity contribution in [3.63, 3.8) is 0 Å². The zero-order valence-corrected chi connectivity index (χ0v) is 18.3. The van der Waals surface area contributed by atoms with Gasteiger partial charge < -0.3 is 5.32 Å². The monoisotopic (exact) mass is 445 g/mol. The molecule has 9 heteroatoms. The summed E-state index contributed by atoms with van der Waals surface area (Å²) in [7, 11) is 0. The minimum absolute atomic E-state index is 0.175. The number of nitriles is 1. The molecule has 2 N–H and O–H groups in total. The maximum absolute atomic E-state index is 12.6. The molecule has 8 nitrogen and oxygen atoms in total. The average Bonchev–Trinajstić information content (AvgIpc) is 3.46. The van der Waals surface area contributed by atoms with E-state index < -0.39 is 0 Å². The van der Waals surface area contributed by atoms with Gasteiger partial charge in [-0.3, -0.25) is 19.6 Å². The fourth-order valence-electron chi connectivity index (χ4n) is 3.38. The van der Waals surface area contributed by atoms with Gasteiger partial charge in [0, 0.05) is 35.8 Å². The van der Waals surface area contributed by atoms with Gasteiger partial charge in [-0.05, 0) is 49.7 Å². The van der Waals surface area contributed by atoms with E-state index in [1.165, 1.54) is 0 Å². The van der Waals surface area contributed by atoms with Crippen LogP contribution in [0.5, 0.6) is 0 Å². The smallest absolute Gasteiger partial charge is 0.269 e. The summed E-state index contributed by atoms with van der Waals surface area (Å²) in [4.78, 5) is 16.7. The van der Waals surface area contributed by atoms with Gasteiger partial charge in [0.2, 0.25) is 0 Å². The van der Waals surface area contributed by atoms with Crippen molar-refractivity contribution in [2.24, 2.45) is 0 Å². The van der Waals surface area contributed by atoms with E-state index in [0.717, 1.165) is 22.4 Å². The summed E-state index contributed by atoms with van der Waals surface area (Å²) < 4.78 is 1.76. The molecule has 0 aliphatic carbocycles. The van der Waals surface area contributed by atoms with E-state index >= 15 is 0 Å². The number of nitrogens with zero attached hydrogens (tertiary/aromatic N) is 5. The molecule has 1 atom stereocenters. The van der Waals surface area contributed by atoms with E-state index in [9.17, 15) is 4.79 Å². The number of rotatable bonds is 6. The molecule has 0 aliphatic heterocycles. The predicted molar refractivity (Wildman–Crippen MR) is 121 cm³/mol. The number of nitrogens with one attached hydrogen (secondary N) is 2. The molecule has 32 heavy (non-hydrogen) atoms. The summed E-state index contributed by atoms with van der Waals surface area (Å²) in [6, 6.07) is 12.7. The number of amides is 1. The van der Waals surface area contributed by atoms with Crippen LogP contribution in [0.3, 0.4) is 0 Å². The molecule has 1 unspecified atom stereocenters. The van der Waals surface area contributed by atoms with Gasteiger partial charge in [0.05, 0.1) is 28.5 Å². The van der Waals surface area contributed by atoms with Crippen molar-refractivity contribution in [1.82, 2.24) is 30.3 Å². The lowest BCUT2D eigenvalue weighted by Crippen LogP contribution is -2.36. The number of aromatic nitrogens is 5. The fourth-order valence-corrected chi connectivity index (χ4v) is 3.59. The first-order chi connectivity index (χ1) is 15.5. The third-order valence-corrected chi connectivity index (χ3v) is 5.53. The molecule has 3 heterocycles. The van der Waals surface area contributed by atoms with Crippen LogP contribution in [-0.2, 0) is 6.54 Å². The Hall–Kier alpha value is -3.96. The molecule has 0 saturated heterocycles. The lowest BCUT2D eigenvalue weighted by Gasteiger charge is -2.13. The number of halogens is 1. The first kappa shape index (κ1) is 21.3. The van der Waals surface area contributed by atoms with E-state index in [4.69, 9.17) is 16.9 Å². The Balaban J connectivity index is 1.41. The Morgan fingerprint density at radius 3 is 2.91 bits per heavy atom. The highest BCUT2D eigenvalue weighted by Crippen LogP contribution is 2.30. The van der Waals surface area contributed by atoms with Crippen LogP contribution in [-0.4, -0.2) is 36.9 Å². The maximum Gasteiger partial charge on any atom is 0.269 e. The SMILES string of the molecule is Cc1c(-c2ccn(CC(C)NC(=O)c3cc(-c4cccnc4)n[nH]3)n2)ccc(C#N)c1Cl. The lowest BCUT2D eigenvalue weighted by molar-refractivity contribution is 0.0931. The maximum atomic E-state index is 12.6. The van der Waals surface area contributed by atoms with E-state index in [1.807, 2.05) is 44.3 Å². The van der Waals surface area contributed by atoms with Crippen molar-refractivity contribution < 1.29 is 4.79 Å². The number of aromatic amines is 1. The largest absolute Gasteiger partial charge is 0.346 e. The predicted octanol–water partition coefficient (Wildman–Crippen LogP) is 3.99. The van der Waals surface area contributed by atoms with Crippen molar-refractivity contribution in [2.45, 2.75) is 26.4 Å². The van der Waals surface area contributed by atoms with Crippen LogP contribution >= 0.6 is 11.6 Å². The van der Waals surface area contributed by atoms with Crippen molar-refractivity contribution >= 4 is 17.5 Å². The summed E-state index contributed by atoms with van der Waals surface area (Å²) in [6.45, 7) is 4.25. The van der Waals surface area contributed by atoms with Crippen LogP contribution in [0.4, 0.5) is 0 Å². The highest BCUT2D eigenvalue weighted by Gasteiger charge is 2.16. The van der Waals surface area contributed by atoms with Gasteiger partial charge in [-0.1, -0.05) is 17.7 Å². The Morgan fingerprint density at radius 1 is 1.31 bits per heavy atom. The molecule has 0 spiro atoms. The molecular formula is C23H20ClN7O. The summed E-state index contributed by atoms with van der Waals surface area (Å²) in [5.41, 5.74) is 4.73. The Bertz CT molecular complexity index is 1300. The first-order valence-corrected chi connectivity index (χ1v) is 10.3. The Labute approximate surface area is 189 Å². The number of hydrogen-bond acceptors (Lipinski definition) is 5. The van der Waals surface area contributed by atoms with Gasteiger partial charge >= 0.3 is 0 Å². The normalized spacial score (nSPS) is 11.7. The van der Waals surface area contributed by atoms with Crippen LogP contribution in [0.25, 0.3) is 22.5 Å². The summed E-state index contributed by atoms with van der Waals surface area (Å²) in [5.74, 6) is -0.248. The summed E-state index contributed by atoms with van der Waals surface area (Å²) in [5, 5.41) is 24.1. The quantitative estimate of drug-likeness (QED) is 0.466. The second kappa shape index (κ2) is 9.04. The second-order valence-corrected chi connectivity index (χ2v) is 7.80. The van der Waals surface area contributed by atoms with Crippen LogP contribution in [0.1, 0.15) is 28.5 Å². The molecule has 0 aliphatic rings. The third kappa shape index (κ3) is 4.38. The lowest BCUT2D eigenvalue weighted by atomic mass is 10.0. The molecule has 3 aromatic heterocycles. The highest BCUT2D eigenvalue weighted by molar-refractivity contribution is 6.32. The molecule has 160 valence electrons. The molecule has 0 saturated carbocycles. The molecule has 4 aromatic rings. The van der Waals surface area contributed by atoms with Crippen molar-refractivity contribution in [3.05, 3.63) is 76.8 Å². The van der Waals surface area contributed by atoms with E-state index in [0.29, 0.717) is 28.5 Å². The van der Waals surface area contributed by atoms with E-state index in [1.54, 1.807) is 29.2 Å². The molecule has 4 rings (SSSR count). The van der Waals surface area contributed by atoms with Gasteiger partial charge in [-0.2, -0.15) is 15.5 Å². The fraction of sp³-hybridized carbons (Fsp3) is 0.174. The minimum Gasteiger partial charge on any atom is -0.346 e. The molecule has 1 amide bonds. The summed E-state index contributed by atoms with van der Waals surface area (Å²) >= 11 is 6.28. The van der Waals surface area contributed by atoms with Crippen LogP contribution < -0.4 is 5.32 Å². The van der Waals surface area contributed by atoms with Gasteiger partial charge in [0.1, 0.15) is 11.8 Å². The topological polar surface area (TPSA) is 112 Å². The molecule has 0 bridgehead atoms. The highest BCUT2D eigenvalue weighted by atomic mass is 35.5. The number of H-pyrrole nitrogens is 1. The van der Waals surface area contributed by atoms with Crippen molar-refractivity contribution in [1.29, 1.82) is 5.26 Å². The Morgan fingerprint density at radius 2 is 2.16 bits per heavy atom. The molecule has 0 fully saturated rings. The van der Waals surface area contributed by atoms with Gasteiger partial charge in [-0.15, -0.1) is 0 Å². The average molecular weight is 446 g/mol. The number of carbonyl (C=O) groups excluding carboxylic acids is 1. The second-order valence-electron chi connectivity index (χ2n) is 7.42. The van der Waals surface area contributed by atoms with Crippen molar-refractivity contribution in [2.75, 3.05) is 0 Å². The molecule has 1 aromatic carbocycles. The summed E-state index contributed by atoms with van der Waals surface area (Å²) in [6.07, 6.45) is 5.22. The number of hydrogen-bond donors (Lipinski definition) is 2. The third-order valence-electron chi connectivity index (χ3n) is 5.04. The van der Waals surface area contributed by atoms with Gasteiger partial charge in [-0.25, -0.2) is 0 Å². The standard InChI is InChI=1S/C23H20ClN7O/c1-14(27-23(32)21-10-20(28-29-21)17-4-3-8-26-12-17)13-31-9-7-19(30-31)18-6-5-16(11-25)22(24)15(18)2/h3-10,12,14H,13H2,1-2H3,(H,27,32)(H,28,29). The zero-order valence-electron chi connectivity index (χ0n) is 17.5. The number of benzene rings is 1. The zero-order chi connectivity index (χ0) is 22.7. The number of pyridine rings is 1. The van der Waals surface area contributed by atoms with Crippen LogP contribution in [0, 0.1) is 18.3 Å². The van der Waals surface area contributed by atoms with Crippen molar-refractivity contribution in [3.8, 4) is 28.6 Å².